The Morgan fingerprint density at radius 3 is 2.43 bits per heavy atom. The predicted octanol–water partition coefficient (Wildman–Crippen LogP) is 4.60. The summed E-state index contributed by atoms with van der Waals surface area (Å²) in [5, 5.41) is 6.10. The highest BCUT2D eigenvalue weighted by Crippen LogP contribution is 2.21. The zero-order valence-electron chi connectivity index (χ0n) is 13.5. The van der Waals surface area contributed by atoms with Crippen LogP contribution >= 0.6 is 15.9 Å². The molecule has 0 spiro atoms. The molecule has 0 aromatic heterocycles. The first-order chi connectivity index (χ1) is 11.0. The van der Waals surface area contributed by atoms with Crippen LogP contribution in [0.25, 0.3) is 0 Å². The Bertz CT molecular complexity index is 671. The zero-order chi connectivity index (χ0) is 16.8. The summed E-state index contributed by atoms with van der Waals surface area (Å²) >= 11 is 3.47. The van der Waals surface area contributed by atoms with Gasteiger partial charge in [-0.05, 0) is 68.8 Å². The van der Waals surface area contributed by atoms with Crippen LogP contribution in [-0.2, 0) is 4.79 Å². The zero-order valence-corrected chi connectivity index (χ0v) is 15.1. The van der Waals surface area contributed by atoms with Crippen molar-refractivity contribution in [1.29, 1.82) is 0 Å². The van der Waals surface area contributed by atoms with Crippen molar-refractivity contribution in [2.24, 2.45) is 0 Å². The number of benzene rings is 2. The Morgan fingerprint density at radius 2 is 1.83 bits per heavy atom. The highest BCUT2D eigenvalue weighted by molar-refractivity contribution is 9.10. The van der Waals surface area contributed by atoms with Gasteiger partial charge in [-0.15, -0.1) is 0 Å². The molecule has 0 aliphatic heterocycles. The van der Waals surface area contributed by atoms with Gasteiger partial charge < -0.3 is 15.4 Å². The van der Waals surface area contributed by atoms with Gasteiger partial charge in [-0.3, -0.25) is 4.79 Å². The Balaban J connectivity index is 1.95. The van der Waals surface area contributed by atoms with Gasteiger partial charge in [0, 0.05) is 15.8 Å². The first-order valence-corrected chi connectivity index (χ1v) is 8.35. The van der Waals surface area contributed by atoms with Crippen LogP contribution in [-0.4, -0.2) is 18.6 Å². The van der Waals surface area contributed by atoms with E-state index >= 15 is 0 Å². The predicted molar refractivity (Wildman–Crippen MR) is 98.2 cm³/mol. The second-order valence-corrected chi connectivity index (χ2v) is 6.13. The number of carbonyl (C=O) groups excluding carboxylic acids is 1. The summed E-state index contributed by atoms with van der Waals surface area (Å²) in [6.45, 7) is 6.41. The maximum Gasteiger partial charge on any atom is 0.246 e. The van der Waals surface area contributed by atoms with Gasteiger partial charge >= 0.3 is 0 Å². The van der Waals surface area contributed by atoms with Crippen LogP contribution in [0.15, 0.2) is 46.9 Å². The van der Waals surface area contributed by atoms with Gasteiger partial charge in [-0.1, -0.05) is 15.9 Å². The second kappa shape index (κ2) is 8.02. The minimum absolute atomic E-state index is 0.0882. The number of amides is 1. The molecule has 0 saturated carbocycles. The number of carbonyl (C=O) groups is 1. The number of halogens is 1. The van der Waals surface area contributed by atoms with Crippen molar-refractivity contribution < 1.29 is 9.53 Å². The van der Waals surface area contributed by atoms with Crippen LogP contribution in [0.2, 0.25) is 0 Å². The molecule has 122 valence electrons. The van der Waals surface area contributed by atoms with Crippen molar-refractivity contribution in [3.05, 3.63) is 52.5 Å². The molecule has 0 radical (unpaired) electrons. The molecule has 1 amide bonds. The third-order valence-corrected chi connectivity index (χ3v) is 4.26. The Hall–Kier alpha value is -2.01. The molecule has 0 aliphatic carbocycles. The van der Waals surface area contributed by atoms with Crippen molar-refractivity contribution in [2.75, 3.05) is 17.2 Å². The second-order valence-electron chi connectivity index (χ2n) is 5.28. The lowest BCUT2D eigenvalue weighted by atomic mass is 10.2. The van der Waals surface area contributed by atoms with E-state index in [2.05, 4.69) is 26.6 Å². The smallest absolute Gasteiger partial charge is 0.246 e. The van der Waals surface area contributed by atoms with E-state index in [1.54, 1.807) is 0 Å². The summed E-state index contributed by atoms with van der Waals surface area (Å²) in [5.41, 5.74) is 2.79. The number of hydrogen-bond acceptors (Lipinski definition) is 3. The molecule has 1 unspecified atom stereocenters. The SMILES string of the molecule is CCOc1ccc(NC(=O)C(C)Nc2ccc(Br)c(C)c2)cc1. The summed E-state index contributed by atoms with van der Waals surface area (Å²) in [4.78, 5) is 12.3. The number of aryl methyl sites for hydroxylation is 1. The van der Waals surface area contributed by atoms with E-state index in [4.69, 9.17) is 4.74 Å². The van der Waals surface area contributed by atoms with E-state index in [1.807, 2.05) is 63.2 Å². The molecule has 23 heavy (non-hydrogen) atoms. The summed E-state index contributed by atoms with van der Waals surface area (Å²) in [6.07, 6.45) is 0. The molecule has 2 aromatic rings. The lowest BCUT2D eigenvalue weighted by molar-refractivity contribution is -0.116. The summed E-state index contributed by atoms with van der Waals surface area (Å²) in [5.74, 6) is 0.705. The van der Waals surface area contributed by atoms with Gasteiger partial charge in [-0.2, -0.15) is 0 Å². The van der Waals surface area contributed by atoms with Crippen LogP contribution in [0.1, 0.15) is 19.4 Å². The van der Waals surface area contributed by atoms with E-state index in [0.717, 1.165) is 27.2 Å². The first kappa shape index (κ1) is 17.3. The van der Waals surface area contributed by atoms with Gasteiger partial charge in [0.1, 0.15) is 11.8 Å². The highest BCUT2D eigenvalue weighted by atomic mass is 79.9. The van der Waals surface area contributed by atoms with E-state index in [-0.39, 0.29) is 11.9 Å². The number of nitrogens with one attached hydrogen (secondary N) is 2. The van der Waals surface area contributed by atoms with Crippen LogP contribution < -0.4 is 15.4 Å². The summed E-state index contributed by atoms with van der Waals surface area (Å²) in [7, 11) is 0. The molecule has 0 saturated heterocycles. The minimum atomic E-state index is -0.345. The van der Waals surface area contributed by atoms with Gasteiger partial charge in [0.2, 0.25) is 5.91 Å². The number of ether oxygens (including phenoxy) is 1. The molecule has 0 heterocycles. The Morgan fingerprint density at radius 1 is 1.17 bits per heavy atom. The maximum atomic E-state index is 12.3. The van der Waals surface area contributed by atoms with Gasteiger partial charge in [0.15, 0.2) is 0 Å². The highest BCUT2D eigenvalue weighted by Gasteiger charge is 2.13. The lowest BCUT2D eigenvalue weighted by Gasteiger charge is -2.16. The number of hydrogen-bond donors (Lipinski definition) is 2. The fraction of sp³-hybridized carbons (Fsp3) is 0.278. The van der Waals surface area contributed by atoms with Crippen LogP contribution in [0, 0.1) is 6.92 Å². The van der Waals surface area contributed by atoms with Crippen molar-refractivity contribution in [1.82, 2.24) is 0 Å². The molecule has 0 bridgehead atoms. The Labute approximate surface area is 145 Å². The van der Waals surface area contributed by atoms with Gasteiger partial charge in [0.25, 0.3) is 0 Å². The fourth-order valence-corrected chi connectivity index (χ4v) is 2.35. The molecule has 1 atom stereocenters. The van der Waals surface area contributed by atoms with Crippen molar-refractivity contribution in [2.45, 2.75) is 26.8 Å². The van der Waals surface area contributed by atoms with Gasteiger partial charge in [0.05, 0.1) is 6.61 Å². The molecular formula is C18H21BrN2O2. The van der Waals surface area contributed by atoms with Crippen molar-refractivity contribution >= 4 is 33.2 Å². The third-order valence-electron chi connectivity index (χ3n) is 3.37. The Kier molecular flexibility index (Phi) is 6.04. The van der Waals surface area contributed by atoms with E-state index in [9.17, 15) is 4.79 Å². The average Bonchev–Trinajstić information content (AvgIpc) is 2.53. The molecule has 2 N–H and O–H groups in total. The number of anilines is 2. The molecule has 5 heteroatoms. The largest absolute Gasteiger partial charge is 0.494 e. The van der Waals surface area contributed by atoms with Crippen LogP contribution in [0.4, 0.5) is 11.4 Å². The molecule has 2 aromatic carbocycles. The minimum Gasteiger partial charge on any atom is -0.494 e. The van der Waals surface area contributed by atoms with Crippen molar-refractivity contribution in [3.63, 3.8) is 0 Å². The number of rotatable bonds is 6. The summed E-state index contributed by atoms with van der Waals surface area (Å²) < 4.78 is 6.43. The third kappa shape index (κ3) is 4.99. The molecule has 2 rings (SSSR count). The van der Waals surface area contributed by atoms with Gasteiger partial charge in [-0.25, -0.2) is 0 Å². The van der Waals surface area contributed by atoms with Crippen molar-refractivity contribution in [3.8, 4) is 5.75 Å². The lowest BCUT2D eigenvalue weighted by Crippen LogP contribution is -2.31. The summed E-state index contributed by atoms with van der Waals surface area (Å²) in [6, 6.07) is 12.9. The molecular weight excluding hydrogens is 356 g/mol. The van der Waals surface area contributed by atoms with E-state index in [0.29, 0.717) is 6.61 Å². The van der Waals surface area contributed by atoms with Crippen LogP contribution in [0.3, 0.4) is 0 Å². The normalized spacial score (nSPS) is 11.7. The average molecular weight is 377 g/mol. The quantitative estimate of drug-likeness (QED) is 0.774. The molecule has 0 aliphatic rings. The molecule has 4 nitrogen and oxygen atoms in total. The standard InChI is InChI=1S/C18H21BrN2O2/c1-4-23-16-8-5-14(6-9-16)21-18(22)13(3)20-15-7-10-17(19)12(2)11-15/h5-11,13,20H,4H2,1-3H3,(H,21,22). The topological polar surface area (TPSA) is 50.4 Å². The van der Waals surface area contributed by atoms with E-state index < -0.39 is 0 Å². The molecule has 0 fully saturated rings. The van der Waals surface area contributed by atoms with Crippen LogP contribution in [0.5, 0.6) is 5.75 Å². The first-order valence-electron chi connectivity index (χ1n) is 7.56. The fourth-order valence-electron chi connectivity index (χ4n) is 2.10. The van der Waals surface area contributed by atoms with E-state index in [1.165, 1.54) is 0 Å². The maximum absolute atomic E-state index is 12.3. The monoisotopic (exact) mass is 376 g/mol.